The van der Waals surface area contributed by atoms with Gasteiger partial charge in [0, 0.05) is 0 Å². The van der Waals surface area contributed by atoms with Crippen molar-refractivity contribution in [2.24, 2.45) is 0 Å². The fourth-order valence-corrected chi connectivity index (χ4v) is 4.36. The molecule has 1 aliphatic carbocycles. The lowest BCUT2D eigenvalue weighted by Gasteiger charge is -2.06. The number of amides is 1. The SMILES string of the molecule is N#Cc1ccc(-c2ccc3nc(Cc4nnc(CC(=O)NC5(C#N)CC5)o4)sc3c2)cc1. The van der Waals surface area contributed by atoms with E-state index in [4.69, 9.17) is 14.9 Å². The molecule has 156 valence electrons. The van der Waals surface area contributed by atoms with Crippen molar-refractivity contribution >= 4 is 27.5 Å². The van der Waals surface area contributed by atoms with E-state index in [1.165, 1.54) is 0 Å². The summed E-state index contributed by atoms with van der Waals surface area (Å²) in [7, 11) is 0. The molecule has 0 radical (unpaired) electrons. The van der Waals surface area contributed by atoms with Crippen LogP contribution in [-0.2, 0) is 17.6 Å². The molecule has 2 heterocycles. The van der Waals surface area contributed by atoms with Gasteiger partial charge < -0.3 is 9.73 Å². The van der Waals surface area contributed by atoms with E-state index in [2.05, 4.69) is 38.7 Å². The number of hydrogen-bond donors (Lipinski definition) is 1. The Labute approximate surface area is 187 Å². The number of carbonyl (C=O) groups excluding carboxylic acids is 1. The number of nitrogens with zero attached hydrogens (tertiary/aromatic N) is 5. The van der Waals surface area contributed by atoms with E-state index < -0.39 is 5.54 Å². The minimum absolute atomic E-state index is 0.0514. The number of fused-ring (bicyclic) bond motifs is 1. The summed E-state index contributed by atoms with van der Waals surface area (Å²) < 4.78 is 6.65. The Morgan fingerprint density at radius 2 is 1.84 bits per heavy atom. The van der Waals surface area contributed by atoms with Crippen LogP contribution in [0.3, 0.4) is 0 Å². The summed E-state index contributed by atoms with van der Waals surface area (Å²) >= 11 is 1.54. The first-order valence-electron chi connectivity index (χ1n) is 9.99. The van der Waals surface area contributed by atoms with Crippen LogP contribution >= 0.6 is 11.3 Å². The second kappa shape index (κ2) is 7.88. The molecule has 1 saturated carbocycles. The second-order valence-electron chi connectivity index (χ2n) is 7.66. The van der Waals surface area contributed by atoms with Gasteiger partial charge >= 0.3 is 0 Å². The maximum Gasteiger partial charge on any atom is 0.230 e. The normalized spacial score (nSPS) is 13.9. The summed E-state index contributed by atoms with van der Waals surface area (Å²) in [5, 5.41) is 29.5. The van der Waals surface area contributed by atoms with Crippen molar-refractivity contribution < 1.29 is 9.21 Å². The highest BCUT2D eigenvalue weighted by Crippen LogP contribution is 2.34. The van der Waals surface area contributed by atoms with Crippen LogP contribution in [0.5, 0.6) is 0 Å². The Kier molecular flexibility index (Phi) is 4.89. The molecule has 1 N–H and O–H groups in total. The number of nitriles is 2. The molecule has 0 saturated heterocycles. The summed E-state index contributed by atoms with van der Waals surface area (Å²) in [5.41, 5.74) is 2.88. The van der Waals surface area contributed by atoms with E-state index in [0.717, 1.165) is 26.4 Å². The number of thiazole rings is 1. The van der Waals surface area contributed by atoms with Gasteiger partial charge in [-0.25, -0.2) is 4.98 Å². The second-order valence-corrected chi connectivity index (χ2v) is 8.78. The molecule has 1 fully saturated rings. The molecular weight excluding hydrogens is 424 g/mol. The molecule has 1 aliphatic rings. The zero-order valence-electron chi connectivity index (χ0n) is 16.8. The third-order valence-corrected chi connectivity index (χ3v) is 6.26. The zero-order valence-corrected chi connectivity index (χ0v) is 17.6. The van der Waals surface area contributed by atoms with Crippen molar-refractivity contribution in [3.05, 3.63) is 64.8 Å². The van der Waals surface area contributed by atoms with Gasteiger partial charge in [-0.05, 0) is 48.2 Å². The van der Waals surface area contributed by atoms with Crippen LogP contribution in [-0.4, -0.2) is 26.6 Å². The Hall–Kier alpha value is -4.08. The first-order valence-corrected chi connectivity index (χ1v) is 10.8. The van der Waals surface area contributed by atoms with Gasteiger partial charge in [-0.1, -0.05) is 18.2 Å². The van der Waals surface area contributed by atoms with Crippen LogP contribution < -0.4 is 5.32 Å². The molecule has 0 spiro atoms. The van der Waals surface area contributed by atoms with Crippen molar-refractivity contribution in [2.75, 3.05) is 0 Å². The molecule has 4 aromatic rings. The lowest BCUT2D eigenvalue weighted by molar-refractivity contribution is -0.121. The van der Waals surface area contributed by atoms with Gasteiger partial charge in [-0.2, -0.15) is 10.5 Å². The number of rotatable bonds is 6. The molecule has 1 amide bonds. The number of benzene rings is 2. The van der Waals surface area contributed by atoms with E-state index in [0.29, 0.717) is 30.7 Å². The predicted octanol–water partition coefficient (Wildman–Crippen LogP) is 3.52. The van der Waals surface area contributed by atoms with Gasteiger partial charge in [0.15, 0.2) is 0 Å². The fraction of sp³-hybridized carbons (Fsp3) is 0.217. The minimum Gasteiger partial charge on any atom is -0.424 e. The highest BCUT2D eigenvalue weighted by molar-refractivity contribution is 7.18. The highest BCUT2D eigenvalue weighted by Gasteiger charge is 2.44. The number of hydrogen-bond acceptors (Lipinski definition) is 8. The van der Waals surface area contributed by atoms with Crippen LogP contribution in [0.15, 0.2) is 46.9 Å². The zero-order chi connectivity index (χ0) is 22.1. The van der Waals surface area contributed by atoms with Crippen molar-refractivity contribution in [3.63, 3.8) is 0 Å². The van der Waals surface area contributed by atoms with Crippen molar-refractivity contribution in [2.45, 2.75) is 31.2 Å². The summed E-state index contributed by atoms with van der Waals surface area (Å²) in [6, 6.07) is 17.8. The quantitative estimate of drug-likeness (QED) is 0.486. The van der Waals surface area contributed by atoms with Crippen LogP contribution in [0.25, 0.3) is 21.3 Å². The molecular formula is C23H16N6O2S. The topological polar surface area (TPSA) is 128 Å². The van der Waals surface area contributed by atoms with Crippen LogP contribution in [0, 0.1) is 22.7 Å². The largest absolute Gasteiger partial charge is 0.424 e. The van der Waals surface area contributed by atoms with Crippen LogP contribution in [0.4, 0.5) is 0 Å². The summed E-state index contributed by atoms with van der Waals surface area (Å²) in [5.74, 6) is 0.311. The van der Waals surface area contributed by atoms with Gasteiger partial charge in [-0.15, -0.1) is 21.5 Å². The predicted molar refractivity (Wildman–Crippen MR) is 116 cm³/mol. The van der Waals surface area contributed by atoms with Crippen molar-refractivity contribution in [1.29, 1.82) is 10.5 Å². The van der Waals surface area contributed by atoms with E-state index in [9.17, 15) is 4.79 Å². The molecule has 9 heteroatoms. The molecule has 0 bridgehead atoms. The molecule has 0 atom stereocenters. The number of nitrogens with one attached hydrogen (secondary N) is 1. The molecule has 0 unspecified atom stereocenters. The molecule has 2 aromatic heterocycles. The van der Waals surface area contributed by atoms with Gasteiger partial charge in [0.25, 0.3) is 0 Å². The third kappa shape index (κ3) is 4.07. The minimum atomic E-state index is -0.711. The molecule has 8 nitrogen and oxygen atoms in total. The lowest BCUT2D eigenvalue weighted by Crippen LogP contribution is -2.36. The standard InChI is InChI=1S/C23H16N6O2S/c24-12-14-1-3-15(4-2-14)16-5-6-17-18(9-16)32-22(26-17)11-21-29-28-20(31-21)10-19(30)27-23(13-25)7-8-23/h1-6,9H,7-8,10-11H2,(H,27,30). The average molecular weight is 440 g/mol. The fourth-order valence-electron chi connectivity index (χ4n) is 3.36. The van der Waals surface area contributed by atoms with Crippen LogP contribution in [0.1, 0.15) is 35.2 Å². The maximum atomic E-state index is 12.1. The lowest BCUT2D eigenvalue weighted by atomic mass is 10.0. The van der Waals surface area contributed by atoms with Gasteiger partial charge in [0.2, 0.25) is 17.7 Å². The van der Waals surface area contributed by atoms with Gasteiger partial charge in [-0.3, -0.25) is 4.79 Å². The Bertz CT molecular complexity index is 1400. The van der Waals surface area contributed by atoms with E-state index >= 15 is 0 Å². The van der Waals surface area contributed by atoms with E-state index in [1.54, 1.807) is 23.5 Å². The summed E-state index contributed by atoms with van der Waals surface area (Å²) in [6.45, 7) is 0. The monoisotopic (exact) mass is 440 g/mol. The molecule has 5 rings (SSSR count). The molecule has 0 aliphatic heterocycles. The number of aromatic nitrogens is 3. The van der Waals surface area contributed by atoms with Crippen LogP contribution in [0.2, 0.25) is 0 Å². The maximum absolute atomic E-state index is 12.1. The summed E-state index contributed by atoms with van der Waals surface area (Å²) in [4.78, 5) is 16.7. The smallest absolute Gasteiger partial charge is 0.230 e. The van der Waals surface area contributed by atoms with Gasteiger partial charge in [0.05, 0.1) is 34.3 Å². The van der Waals surface area contributed by atoms with E-state index in [1.807, 2.05) is 24.3 Å². The van der Waals surface area contributed by atoms with E-state index in [-0.39, 0.29) is 18.2 Å². The average Bonchev–Trinajstić information content (AvgIpc) is 3.24. The Balaban J connectivity index is 1.28. The van der Waals surface area contributed by atoms with Gasteiger partial charge in [0.1, 0.15) is 17.0 Å². The molecule has 2 aromatic carbocycles. The first kappa shape index (κ1) is 19.9. The Morgan fingerprint density at radius 3 is 2.56 bits per heavy atom. The highest BCUT2D eigenvalue weighted by atomic mass is 32.1. The first-order chi connectivity index (χ1) is 15.6. The summed E-state index contributed by atoms with van der Waals surface area (Å²) in [6.07, 6.45) is 1.68. The van der Waals surface area contributed by atoms with Crippen molar-refractivity contribution in [1.82, 2.24) is 20.5 Å². The third-order valence-electron chi connectivity index (χ3n) is 5.25. The number of carbonyl (C=O) groups is 1. The molecule has 32 heavy (non-hydrogen) atoms. The van der Waals surface area contributed by atoms with Crippen molar-refractivity contribution in [3.8, 4) is 23.3 Å². The Morgan fingerprint density at radius 1 is 1.09 bits per heavy atom.